The molecular formula is C13H12Cl3N5O2S. The summed E-state index contributed by atoms with van der Waals surface area (Å²) in [6, 6.07) is 9.56. The van der Waals surface area contributed by atoms with E-state index in [0.29, 0.717) is 5.69 Å². The molecule has 0 atom stereocenters. The van der Waals surface area contributed by atoms with Gasteiger partial charge in [0, 0.05) is 5.69 Å². The largest absolute Gasteiger partial charge is 0.280 e. The Kier molecular flexibility index (Phi) is 5.19. The van der Waals surface area contributed by atoms with E-state index in [1.54, 1.807) is 18.2 Å². The third kappa shape index (κ3) is 3.61. The van der Waals surface area contributed by atoms with Crippen LogP contribution in [0.15, 0.2) is 41.3 Å². The predicted molar refractivity (Wildman–Crippen MR) is 94.0 cm³/mol. The zero-order valence-electron chi connectivity index (χ0n) is 11.9. The van der Waals surface area contributed by atoms with E-state index in [0.717, 1.165) is 5.56 Å². The molecule has 0 saturated carbocycles. The number of benzene rings is 2. The maximum Gasteiger partial charge on any atom is 0.263 e. The Balaban J connectivity index is 1.90. The van der Waals surface area contributed by atoms with Gasteiger partial charge in [0.05, 0.1) is 15.1 Å². The summed E-state index contributed by atoms with van der Waals surface area (Å²) in [6.45, 7) is 0. The summed E-state index contributed by atoms with van der Waals surface area (Å²) in [5.41, 5.74) is 12.4. The van der Waals surface area contributed by atoms with Crippen molar-refractivity contribution in [3.63, 3.8) is 0 Å². The SMILES string of the molecule is O=S(=O)(Nc1cccc(C2NNNN2)c1)c1ccc(Cl)c(Cl)c1Cl. The fourth-order valence-corrected chi connectivity index (χ4v) is 4.16. The summed E-state index contributed by atoms with van der Waals surface area (Å²) in [6.07, 6.45) is -0.219. The number of hydrazine groups is 3. The molecule has 1 fully saturated rings. The van der Waals surface area contributed by atoms with Gasteiger partial charge in [-0.1, -0.05) is 46.9 Å². The normalized spacial score (nSPS) is 15.6. The van der Waals surface area contributed by atoms with Crippen molar-refractivity contribution >= 4 is 50.5 Å². The average Bonchev–Trinajstić information content (AvgIpc) is 3.06. The monoisotopic (exact) mass is 407 g/mol. The molecule has 0 bridgehead atoms. The first-order valence-electron chi connectivity index (χ1n) is 6.66. The highest BCUT2D eigenvalue weighted by Gasteiger charge is 2.22. The topological polar surface area (TPSA) is 94.3 Å². The van der Waals surface area contributed by atoms with Gasteiger partial charge in [0.1, 0.15) is 11.1 Å². The van der Waals surface area contributed by atoms with Crippen LogP contribution in [0.4, 0.5) is 5.69 Å². The molecule has 11 heteroatoms. The predicted octanol–water partition coefficient (Wildman–Crippen LogP) is 2.56. The van der Waals surface area contributed by atoms with Crippen molar-refractivity contribution in [2.75, 3.05) is 4.72 Å². The summed E-state index contributed by atoms with van der Waals surface area (Å²) in [5.74, 6) is 0. The van der Waals surface area contributed by atoms with Crippen LogP contribution in [0.5, 0.6) is 0 Å². The molecule has 24 heavy (non-hydrogen) atoms. The molecule has 128 valence electrons. The molecule has 1 aliphatic heterocycles. The van der Waals surface area contributed by atoms with Gasteiger partial charge in [0.2, 0.25) is 0 Å². The summed E-state index contributed by atoms with van der Waals surface area (Å²) >= 11 is 17.8. The van der Waals surface area contributed by atoms with Crippen LogP contribution in [0.1, 0.15) is 11.7 Å². The molecule has 2 aromatic rings. The first-order valence-corrected chi connectivity index (χ1v) is 9.27. The van der Waals surface area contributed by atoms with Gasteiger partial charge in [0.15, 0.2) is 0 Å². The smallest absolute Gasteiger partial charge is 0.263 e. The van der Waals surface area contributed by atoms with E-state index in [1.165, 1.54) is 12.1 Å². The second-order valence-corrected chi connectivity index (χ2v) is 7.69. The lowest BCUT2D eigenvalue weighted by Crippen LogP contribution is -2.33. The molecule has 0 unspecified atom stereocenters. The van der Waals surface area contributed by atoms with Crippen LogP contribution in [0.3, 0.4) is 0 Å². The van der Waals surface area contributed by atoms with E-state index < -0.39 is 10.0 Å². The van der Waals surface area contributed by atoms with Gasteiger partial charge in [0.25, 0.3) is 10.0 Å². The number of hydrogen-bond acceptors (Lipinski definition) is 6. The van der Waals surface area contributed by atoms with Crippen LogP contribution in [0.2, 0.25) is 15.1 Å². The van der Waals surface area contributed by atoms with E-state index in [1.807, 2.05) is 6.07 Å². The summed E-state index contributed by atoms with van der Waals surface area (Å²) in [7, 11) is -3.92. The number of sulfonamides is 1. The van der Waals surface area contributed by atoms with E-state index in [4.69, 9.17) is 34.8 Å². The fourth-order valence-electron chi connectivity index (χ4n) is 2.13. The van der Waals surface area contributed by atoms with Gasteiger partial charge in [-0.25, -0.2) is 19.3 Å². The Morgan fingerprint density at radius 2 is 1.67 bits per heavy atom. The van der Waals surface area contributed by atoms with Crippen LogP contribution in [0.25, 0.3) is 0 Å². The van der Waals surface area contributed by atoms with Crippen LogP contribution >= 0.6 is 34.8 Å². The number of halogens is 3. The zero-order chi connectivity index (χ0) is 17.3. The molecule has 0 aliphatic carbocycles. The molecule has 3 rings (SSSR count). The van der Waals surface area contributed by atoms with E-state index in [2.05, 4.69) is 26.6 Å². The highest BCUT2D eigenvalue weighted by atomic mass is 35.5. The Bertz CT molecular complexity index is 872. The third-order valence-electron chi connectivity index (χ3n) is 3.26. The number of nitrogens with one attached hydrogen (secondary N) is 5. The Hall–Kier alpha value is -1.10. The maximum absolute atomic E-state index is 12.6. The number of anilines is 1. The zero-order valence-corrected chi connectivity index (χ0v) is 15.0. The summed E-state index contributed by atoms with van der Waals surface area (Å²) in [4.78, 5) is -0.149. The van der Waals surface area contributed by atoms with Crippen LogP contribution < -0.4 is 26.6 Å². The maximum atomic E-state index is 12.6. The van der Waals surface area contributed by atoms with Gasteiger partial charge >= 0.3 is 0 Å². The molecule has 1 heterocycles. The van der Waals surface area contributed by atoms with Gasteiger partial charge in [-0.05, 0) is 29.8 Å². The lowest BCUT2D eigenvalue weighted by molar-refractivity contribution is 0.555. The molecule has 0 radical (unpaired) electrons. The molecular weight excluding hydrogens is 397 g/mol. The molecule has 1 saturated heterocycles. The minimum atomic E-state index is -3.92. The molecule has 0 aromatic heterocycles. The minimum absolute atomic E-state index is 0.00790. The highest BCUT2D eigenvalue weighted by molar-refractivity contribution is 7.92. The van der Waals surface area contributed by atoms with E-state index >= 15 is 0 Å². The third-order valence-corrected chi connectivity index (χ3v) is 6.09. The van der Waals surface area contributed by atoms with Crippen molar-refractivity contribution in [3.8, 4) is 0 Å². The molecule has 2 aromatic carbocycles. The van der Waals surface area contributed by atoms with Crippen molar-refractivity contribution in [3.05, 3.63) is 57.0 Å². The minimum Gasteiger partial charge on any atom is -0.280 e. The van der Waals surface area contributed by atoms with Crippen molar-refractivity contribution in [1.82, 2.24) is 21.9 Å². The molecule has 0 amide bonds. The van der Waals surface area contributed by atoms with Gasteiger partial charge in [-0.3, -0.25) is 4.72 Å². The lowest BCUT2D eigenvalue weighted by Gasteiger charge is -2.14. The van der Waals surface area contributed by atoms with Crippen LogP contribution in [0, 0.1) is 0 Å². The van der Waals surface area contributed by atoms with Crippen molar-refractivity contribution in [2.45, 2.75) is 11.1 Å². The van der Waals surface area contributed by atoms with Gasteiger partial charge < -0.3 is 0 Å². The second-order valence-electron chi connectivity index (χ2n) is 4.88. The van der Waals surface area contributed by atoms with Crippen LogP contribution in [-0.2, 0) is 10.0 Å². The van der Waals surface area contributed by atoms with E-state index in [-0.39, 0.29) is 26.1 Å². The van der Waals surface area contributed by atoms with Gasteiger partial charge in [-0.15, -0.1) is 0 Å². The summed E-state index contributed by atoms with van der Waals surface area (Å²) in [5, 5.41) is 0.0489. The fraction of sp³-hybridized carbons (Fsp3) is 0.0769. The molecule has 7 nitrogen and oxygen atoms in total. The van der Waals surface area contributed by atoms with Crippen LogP contribution in [-0.4, -0.2) is 8.42 Å². The summed E-state index contributed by atoms with van der Waals surface area (Å²) < 4.78 is 27.6. The first-order chi connectivity index (χ1) is 11.4. The molecule has 1 aliphatic rings. The number of rotatable bonds is 4. The Morgan fingerprint density at radius 3 is 2.38 bits per heavy atom. The average molecular weight is 409 g/mol. The van der Waals surface area contributed by atoms with Gasteiger partial charge in [-0.2, -0.15) is 11.1 Å². The van der Waals surface area contributed by atoms with E-state index in [9.17, 15) is 8.42 Å². The molecule has 5 N–H and O–H groups in total. The number of hydrogen-bond donors (Lipinski definition) is 5. The van der Waals surface area contributed by atoms with Crippen molar-refractivity contribution in [1.29, 1.82) is 0 Å². The Morgan fingerprint density at radius 1 is 0.958 bits per heavy atom. The highest BCUT2D eigenvalue weighted by Crippen LogP contribution is 2.35. The lowest BCUT2D eigenvalue weighted by atomic mass is 10.1. The first kappa shape index (κ1) is 17.7. The van der Waals surface area contributed by atoms with Crippen molar-refractivity contribution in [2.24, 2.45) is 0 Å². The van der Waals surface area contributed by atoms with Crippen molar-refractivity contribution < 1.29 is 8.42 Å². The Labute approximate surface area is 153 Å². The quantitative estimate of drug-likeness (QED) is 0.499. The molecule has 0 spiro atoms. The second kappa shape index (κ2) is 7.03. The standard InChI is InChI=1S/C13H12Cl3N5O2S/c14-9-4-5-10(12(16)11(9)15)24(22,23)19-8-3-1-2-7(6-8)13-17-20-21-18-13/h1-6,13,17-21H.